The minimum atomic E-state index is -0.0397. The maximum atomic E-state index is 8.77. The first-order chi connectivity index (χ1) is 6.76. The van der Waals surface area contributed by atoms with Gasteiger partial charge in [0.25, 0.3) is 0 Å². The van der Waals surface area contributed by atoms with Gasteiger partial charge in [0.05, 0.1) is 18.5 Å². The molecule has 0 saturated carbocycles. The first-order valence-electron chi connectivity index (χ1n) is 4.61. The van der Waals surface area contributed by atoms with Crippen molar-refractivity contribution in [1.82, 2.24) is 4.98 Å². The number of pyridine rings is 1. The first kappa shape index (κ1) is 10.7. The summed E-state index contributed by atoms with van der Waals surface area (Å²) in [7, 11) is 0. The van der Waals surface area contributed by atoms with Gasteiger partial charge in [-0.25, -0.2) is 0 Å². The highest BCUT2D eigenvalue weighted by Gasteiger charge is 1.96. The van der Waals surface area contributed by atoms with Crippen molar-refractivity contribution in [3.05, 3.63) is 36.2 Å². The standard InChI is InChI=1S/C11H15NO2/c1-3-9(2)8-14-11-5-4-10(7-13)12-6-11/h4-6,13H,2-3,7-8H2,1H3. The summed E-state index contributed by atoms with van der Waals surface area (Å²) in [5, 5.41) is 8.77. The van der Waals surface area contributed by atoms with Gasteiger partial charge in [0.1, 0.15) is 12.4 Å². The fraction of sp³-hybridized carbons (Fsp3) is 0.364. The Morgan fingerprint density at radius 2 is 2.36 bits per heavy atom. The number of ether oxygens (including phenoxy) is 1. The van der Waals surface area contributed by atoms with Crippen molar-refractivity contribution in [1.29, 1.82) is 0 Å². The summed E-state index contributed by atoms with van der Waals surface area (Å²) in [4.78, 5) is 4.00. The second kappa shape index (κ2) is 5.40. The van der Waals surface area contributed by atoms with Crippen LogP contribution >= 0.6 is 0 Å². The predicted octanol–water partition coefficient (Wildman–Crippen LogP) is 1.92. The van der Waals surface area contributed by atoms with E-state index in [2.05, 4.69) is 11.6 Å². The van der Waals surface area contributed by atoms with Gasteiger partial charge < -0.3 is 9.84 Å². The van der Waals surface area contributed by atoms with Crippen LogP contribution in [-0.2, 0) is 6.61 Å². The van der Waals surface area contributed by atoms with E-state index in [9.17, 15) is 0 Å². The maximum absolute atomic E-state index is 8.77. The number of aliphatic hydroxyl groups is 1. The maximum Gasteiger partial charge on any atom is 0.138 e. The molecular weight excluding hydrogens is 178 g/mol. The minimum absolute atomic E-state index is 0.0397. The van der Waals surface area contributed by atoms with Crippen molar-refractivity contribution >= 4 is 0 Å². The topological polar surface area (TPSA) is 42.4 Å². The molecule has 1 rings (SSSR count). The molecule has 0 aliphatic carbocycles. The van der Waals surface area contributed by atoms with Crippen molar-refractivity contribution < 1.29 is 9.84 Å². The molecule has 0 fully saturated rings. The van der Waals surface area contributed by atoms with Gasteiger partial charge in [0.15, 0.2) is 0 Å². The molecule has 0 atom stereocenters. The number of rotatable bonds is 5. The lowest BCUT2D eigenvalue weighted by atomic mass is 10.2. The molecule has 1 aromatic rings. The quantitative estimate of drug-likeness (QED) is 0.726. The normalized spacial score (nSPS) is 9.86. The molecule has 0 bridgehead atoms. The average Bonchev–Trinajstić information content (AvgIpc) is 2.26. The van der Waals surface area contributed by atoms with E-state index in [0.29, 0.717) is 18.1 Å². The third-order valence-corrected chi connectivity index (χ3v) is 1.90. The van der Waals surface area contributed by atoms with Gasteiger partial charge in [-0.15, -0.1) is 0 Å². The Morgan fingerprint density at radius 1 is 1.57 bits per heavy atom. The van der Waals surface area contributed by atoms with E-state index < -0.39 is 0 Å². The molecule has 0 spiro atoms. The molecule has 0 unspecified atom stereocenters. The summed E-state index contributed by atoms with van der Waals surface area (Å²) in [6.07, 6.45) is 2.52. The molecule has 0 saturated heterocycles. The lowest BCUT2D eigenvalue weighted by Crippen LogP contribution is -2.00. The molecule has 14 heavy (non-hydrogen) atoms. The van der Waals surface area contributed by atoms with Crippen molar-refractivity contribution in [3.8, 4) is 5.75 Å². The fourth-order valence-corrected chi connectivity index (χ4v) is 0.877. The second-order valence-electron chi connectivity index (χ2n) is 3.04. The van der Waals surface area contributed by atoms with E-state index in [4.69, 9.17) is 9.84 Å². The highest BCUT2D eigenvalue weighted by molar-refractivity contribution is 5.20. The molecule has 0 aromatic carbocycles. The Bertz CT molecular complexity index is 293. The Kier molecular flexibility index (Phi) is 4.13. The largest absolute Gasteiger partial charge is 0.488 e. The van der Waals surface area contributed by atoms with Crippen LogP contribution in [0.5, 0.6) is 5.75 Å². The van der Waals surface area contributed by atoms with E-state index in [1.165, 1.54) is 0 Å². The molecule has 1 aromatic heterocycles. The average molecular weight is 193 g/mol. The number of hydrogen-bond donors (Lipinski definition) is 1. The summed E-state index contributed by atoms with van der Waals surface area (Å²) in [5.74, 6) is 0.705. The number of nitrogens with zero attached hydrogens (tertiary/aromatic N) is 1. The number of aromatic nitrogens is 1. The Morgan fingerprint density at radius 3 is 2.86 bits per heavy atom. The van der Waals surface area contributed by atoms with Crippen LogP contribution in [0.25, 0.3) is 0 Å². The van der Waals surface area contributed by atoms with E-state index >= 15 is 0 Å². The molecule has 0 aliphatic heterocycles. The Hall–Kier alpha value is -1.35. The zero-order chi connectivity index (χ0) is 10.4. The zero-order valence-electron chi connectivity index (χ0n) is 8.36. The van der Waals surface area contributed by atoms with E-state index in [0.717, 1.165) is 12.0 Å². The summed E-state index contributed by atoms with van der Waals surface area (Å²) in [6.45, 7) is 6.36. The van der Waals surface area contributed by atoms with Crippen molar-refractivity contribution in [2.45, 2.75) is 20.0 Å². The third kappa shape index (κ3) is 3.18. The first-order valence-corrected chi connectivity index (χ1v) is 4.61. The molecule has 0 amide bonds. The molecule has 76 valence electrons. The van der Waals surface area contributed by atoms with Crippen LogP contribution in [0.1, 0.15) is 19.0 Å². The number of aliphatic hydroxyl groups excluding tert-OH is 1. The van der Waals surface area contributed by atoms with Crippen LogP contribution in [0.3, 0.4) is 0 Å². The summed E-state index contributed by atoms with van der Waals surface area (Å²) in [6, 6.07) is 3.53. The highest BCUT2D eigenvalue weighted by atomic mass is 16.5. The minimum Gasteiger partial charge on any atom is -0.488 e. The van der Waals surface area contributed by atoms with Crippen LogP contribution < -0.4 is 4.74 Å². The highest BCUT2D eigenvalue weighted by Crippen LogP contribution is 2.10. The number of hydrogen-bond acceptors (Lipinski definition) is 3. The SMILES string of the molecule is C=C(CC)COc1ccc(CO)nc1. The molecule has 3 heteroatoms. The fourth-order valence-electron chi connectivity index (χ4n) is 0.877. The van der Waals surface area contributed by atoms with Gasteiger partial charge in [-0.2, -0.15) is 0 Å². The Labute approximate surface area is 84.1 Å². The second-order valence-corrected chi connectivity index (χ2v) is 3.04. The van der Waals surface area contributed by atoms with E-state index in [-0.39, 0.29) is 6.61 Å². The van der Waals surface area contributed by atoms with Gasteiger partial charge in [-0.1, -0.05) is 13.5 Å². The lowest BCUT2D eigenvalue weighted by molar-refractivity contribution is 0.276. The molecule has 1 heterocycles. The molecule has 0 radical (unpaired) electrons. The van der Waals surface area contributed by atoms with Crippen molar-refractivity contribution in [2.75, 3.05) is 6.61 Å². The molecule has 0 aliphatic rings. The van der Waals surface area contributed by atoms with Crippen LogP contribution in [-0.4, -0.2) is 16.7 Å². The van der Waals surface area contributed by atoms with Crippen LogP contribution in [0.4, 0.5) is 0 Å². The van der Waals surface area contributed by atoms with Gasteiger partial charge in [0, 0.05) is 0 Å². The molecule has 1 N–H and O–H groups in total. The van der Waals surface area contributed by atoms with Crippen molar-refractivity contribution in [3.63, 3.8) is 0 Å². The van der Waals surface area contributed by atoms with Gasteiger partial charge in [-0.3, -0.25) is 4.98 Å². The van der Waals surface area contributed by atoms with Crippen molar-refractivity contribution in [2.24, 2.45) is 0 Å². The van der Waals surface area contributed by atoms with E-state index in [1.54, 1.807) is 18.3 Å². The lowest BCUT2D eigenvalue weighted by Gasteiger charge is -2.06. The predicted molar refractivity (Wildman–Crippen MR) is 55.1 cm³/mol. The molecule has 3 nitrogen and oxygen atoms in total. The van der Waals surface area contributed by atoms with Crippen LogP contribution in [0, 0.1) is 0 Å². The van der Waals surface area contributed by atoms with Gasteiger partial charge >= 0.3 is 0 Å². The van der Waals surface area contributed by atoms with Gasteiger partial charge in [0.2, 0.25) is 0 Å². The van der Waals surface area contributed by atoms with Gasteiger partial charge in [-0.05, 0) is 24.1 Å². The molecular formula is C11H15NO2. The summed E-state index contributed by atoms with van der Waals surface area (Å²) in [5.41, 5.74) is 1.70. The smallest absolute Gasteiger partial charge is 0.138 e. The third-order valence-electron chi connectivity index (χ3n) is 1.90. The van der Waals surface area contributed by atoms with Crippen LogP contribution in [0.2, 0.25) is 0 Å². The summed E-state index contributed by atoms with van der Waals surface area (Å²) < 4.78 is 5.41. The summed E-state index contributed by atoms with van der Waals surface area (Å²) >= 11 is 0. The van der Waals surface area contributed by atoms with Crippen LogP contribution in [0.15, 0.2) is 30.5 Å². The zero-order valence-corrected chi connectivity index (χ0v) is 8.36. The Balaban J connectivity index is 2.47. The monoisotopic (exact) mass is 193 g/mol. The van der Waals surface area contributed by atoms with E-state index in [1.807, 2.05) is 6.92 Å².